The average Bonchev–Trinajstić information content (AvgIpc) is 2.69. The molecule has 1 aromatic heterocycles. The van der Waals surface area contributed by atoms with Crippen molar-refractivity contribution in [3.05, 3.63) is 58.9 Å². The summed E-state index contributed by atoms with van der Waals surface area (Å²) in [5.41, 5.74) is 2.96. The monoisotopic (exact) mass is 353 g/mol. The lowest BCUT2D eigenvalue weighted by Crippen LogP contribution is -2.50. The molecule has 0 atom stereocenters. The molecule has 1 aromatic carbocycles. The fourth-order valence-corrected chi connectivity index (χ4v) is 3.17. The summed E-state index contributed by atoms with van der Waals surface area (Å²) in [7, 11) is 1.63. The first-order valence-corrected chi connectivity index (χ1v) is 8.66. The number of hydrogen-bond donors (Lipinski definition) is 0. The number of amides is 2. The van der Waals surface area contributed by atoms with E-state index in [1.165, 1.54) is 0 Å². The molecular weight excluding hydrogens is 330 g/mol. The lowest BCUT2D eigenvalue weighted by molar-refractivity contribution is 0.0532. The molecule has 3 rings (SSSR count). The van der Waals surface area contributed by atoms with Gasteiger partial charge in [-0.1, -0.05) is 6.07 Å². The summed E-state index contributed by atoms with van der Waals surface area (Å²) in [5, 5.41) is 0. The van der Waals surface area contributed by atoms with E-state index in [1.807, 2.05) is 26.0 Å². The minimum Gasteiger partial charge on any atom is -0.496 e. The number of carbonyl (C=O) groups excluding carboxylic acids is 2. The third-order valence-corrected chi connectivity index (χ3v) is 4.71. The summed E-state index contributed by atoms with van der Waals surface area (Å²) >= 11 is 0. The fraction of sp³-hybridized carbons (Fsp3) is 0.350. The molecule has 0 unspecified atom stereocenters. The molecule has 1 fully saturated rings. The first kappa shape index (κ1) is 17.9. The number of hydrogen-bond acceptors (Lipinski definition) is 4. The average molecular weight is 353 g/mol. The minimum absolute atomic E-state index is 0.00168. The standard InChI is InChI=1S/C20H23N3O3/c1-14-13-18(26-3)15(2)12-16(14)19(24)22-8-10-23(11-9-22)20(25)17-6-4-5-7-21-17/h4-7,12-13H,8-11H2,1-3H3. The number of methoxy groups -OCH3 is 1. The lowest BCUT2D eigenvalue weighted by Gasteiger charge is -2.35. The Labute approximate surface area is 153 Å². The molecule has 0 bridgehead atoms. The van der Waals surface area contributed by atoms with Crippen LogP contribution in [0.25, 0.3) is 0 Å². The van der Waals surface area contributed by atoms with Crippen LogP contribution in [0.4, 0.5) is 0 Å². The van der Waals surface area contributed by atoms with Crippen molar-refractivity contribution in [1.29, 1.82) is 0 Å². The molecule has 0 aliphatic carbocycles. The van der Waals surface area contributed by atoms with Crippen molar-refractivity contribution in [2.45, 2.75) is 13.8 Å². The number of carbonyl (C=O) groups is 2. The van der Waals surface area contributed by atoms with Gasteiger partial charge in [-0.05, 0) is 49.2 Å². The molecule has 1 aliphatic rings. The highest BCUT2D eigenvalue weighted by molar-refractivity contribution is 5.96. The van der Waals surface area contributed by atoms with Crippen LogP contribution in [0, 0.1) is 13.8 Å². The van der Waals surface area contributed by atoms with E-state index in [-0.39, 0.29) is 11.8 Å². The zero-order chi connectivity index (χ0) is 18.7. The van der Waals surface area contributed by atoms with Gasteiger partial charge in [-0.2, -0.15) is 0 Å². The van der Waals surface area contributed by atoms with E-state index in [1.54, 1.807) is 41.3 Å². The van der Waals surface area contributed by atoms with Crippen molar-refractivity contribution in [2.75, 3.05) is 33.3 Å². The largest absolute Gasteiger partial charge is 0.496 e. The Morgan fingerprint density at radius 1 is 0.962 bits per heavy atom. The normalized spacial score (nSPS) is 14.3. The Morgan fingerprint density at radius 3 is 2.19 bits per heavy atom. The number of pyridine rings is 1. The third-order valence-electron chi connectivity index (χ3n) is 4.71. The predicted octanol–water partition coefficient (Wildman–Crippen LogP) is 2.31. The zero-order valence-corrected chi connectivity index (χ0v) is 15.4. The number of piperazine rings is 1. The Balaban J connectivity index is 1.67. The second-order valence-electron chi connectivity index (χ2n) is 6.44. The van der Waals surface area contributed by atoms with Crippen LogP contribution < -0.4 is 4.74 Å². The molecule has 2 amide bonds. The summed E-state index contributed by atoms with van der Waals surface area (Å²) in [6.07, 6.45) is 1.61. The van der Waals surface area contributed by atoms with Gasteiger partial charge in [0.1, 0.15) is 11.4 Å². The van der Waals surface area contributed by atoms with E-state index in [2.05, 4.69) is 4.98 Å². The highest BCUT2D eigenvalue weighted by Gasteiger charge is 2.27. The number of rotatable bonds is 3. The van der Waals surface area contributed by atoms with Gasteiger partial charge in [0, 0.05) is 37.9 Å². The quantitative estimate of drug-likeness (QED) is 0.849. The lowest BCUT2D eigenvalue weighted by atomic mass is 10.0. The molecule has 2 heterocycles. The van der Waals surface area contributed by atoms with Crippen LogP contribution in [-0.4, -0.2) is 59.9 Å². The maximum atomic E-state index is 12.9. The number of aromatic nitrogens is 1. The summed E-state index contributed by atoms with van der Waals surface area (Å²) in [5.74, 6) is 0.692. The van der Waals surface area contributed by atoms with Gasteiger partial charge in [0.15, 0.2) is 0 Å². The van der Waals surface area contributed by atoms with Crippen LogP contribution in [0.3, 0.4) is 0 Å². The van der Waals surface area contributed by atoms with Gasteiger partial charge in [0.2, 0.25) is 0 Å². The fourth-order valence-electron chi connectivity index (χ4n) is 3.17. The van der Waals surface area contributed by atoms with Crippen molar-refractivity contribution in [3.8, 4) is 5.75 Å². The SMILES string of the molecule is COc1cc(C)c(C(=O)N2CCN(C(=O)c3ccccn3)CC2)cc1C. The topological polar surface area (TPSA) is 62.7 Å². The maximum Gasteiger partial charge on any atom is 0.272 e. The maximum absolute atomic E-state index is 12.9. The highest BCUT2D eigenvalue weighted by atomic mass is 16.5. The van der Waals surface area contributed by atoms with Crippen molar-refractivity contribution in [1.82, 2.24) is 14.8 Å². The Hall–Kier alpha value is -2.89. The molecule has 136 valence electrons. The van der Waals surface area contributed by atoms with E-state index in [4.69, 9.17) is 4.74 Å². The Bertz CT molecular complexity index is 813. The second kappa shape index (κ2) is 7.56. The van der Waals surface area contributed by atoms with Crippen LogP contribution in [0.5, 0.6) is 5.75 Å². The van der Waals surface area contributed by atoms with E-state index in [9.17, 15) is 9.59 Å². The smallest absolute Gasteiger partial charge is 0.272 e. The molecule has 0 radical (unpaired) electrons. The van der Waals surface area contributed by atoms with Gasteiger partial charge >= 0.3 is 0 Å². The molecule has 26 heavy (non-hydrogen) atoms. The zero-order valence-electron chi connectivity index (χ0n) is 15.4. The van der Waals surface area contributed by atoms with E-state index in [0.717, 1.165) is 16.9 Å². The van der Waals surface area contributed by atoms with Crippen LogP contribution in [-0.2, 0) is 0 Å². The number of nitrogens with zero attached hydrogens (tertiary/aromatic N) is 3. The Kier molecular flexibility index (Phi) is 5.21. The first-order valence-electron chi connectivity index (χ1n) is 8.66. The summed E-state index contributed by atoms with van der Waals surface area (Å²) in [6, 6.07) is 9.07. The molecular formula is C20H23N3O3. The molecule has 1 saturated heterocycles. The molecule has 1 aliphatic heterocycles. The number of benzene rings is 1. The number of aryl methyl sites for hydroxylation is 2. The predicted molar refractivity (Wildman–Crippen MR) is 98.5 cm³/mol. The van der Waals surface area contributed by atoms with Gasteiger partial charge in [-0.15, -0.1) is 0 Å². The van der Waals surface area contributed by atoms with Crippen LogP contribution in [0.15, 0.2) is 36.5 Å². The van der Waals surface area contributed by atoms with Crippen molar-refractivity contribution < 1.29 is 14.3 Å². The van der Waals surface area contributed by atoms with Gasteiger partial charge in [0.25, 0.3) is 11.8 Å². The van der Waals surface area contributed by atoms with Crippen molar-refractivity contribution in [3.63, 3.8) is 0 Å². The van der Waals surface area contributed by atoms with Gasteiger partial charge in [0.05, 0.1) is 7.11 Å². The number of ether oxygens (including phenoxy) is 1. The summed E-state index contributed by atoms with van der Waals surface area (Å²) in [6.45, 7) is 5.89. The molecule has 0 saturated carbocycles. The first-order chi connectivity index (χ1) is 12.5. The molecule has 2 aromatic rings. The van der Waals surface area contributed by atoms with Crippen molar-refractivity contribution in [2.24, 2.45) is 0 Å². The molecule has 6 heteroatoms. The second-order valence-corrected chi connectivity index (χ2v) is 6.44. The van der Waals surface area contributed by atoms with Gasteiger partial charge < -0.3 is 14.5 Å². The van der Waals surface area contributed by atoms with Crippen LogP contribution >= 0.6 is 0 Å². The van der Waals surface area contributed by atoms with E-state index in [0.29, 0.717) is 37.4 Å². The summed E-state index contributed by atoms with van der Waals surface area (Å²) in [4.78, 5) is 33.0. The van der Waals surface area contributed by atoms with Crippen LogP contribution in [0.1, 0.15) is 32.0 Å². The van der Waals surface area contributed by atoms with Gasteiger partial charge in [-0.25, -0.2) is 0 Å². The van der Waals surface area contributed by atoms with E-state index >= 15 is 0 Å². The van der Waals surface area contributed by atoms with Crippen molar-refractivity contribution >= 4 is 11.8 Å². The third kappa shape index (κ3) is 3.54. The summed E-state index contributed by atoms with van der Waals surface area (Å²) < 4.78 is 5.31. The Morgan fingerprint density at radius 2 is 1.62 bits per heavy atom. The molecule has 6 nitrogen and oxygen atoms in total. The molecule has 0 spiro atoms. The highest BCUT2D eigenvalue weighted by Crippen LogP contribution is 2.24. The molecule has 0 N–H and O–H groups in total. The van der Waals surface area contributed by atoms with E-state index < -0.39 is 0 Å². The van der Waals surface area contributed by atoms with Crippen LogP contribution in [0.2, 0.25) is 0 Å². The minimum atomic E-state index is -0.0887. The van der Waals surface area contributed by atoms with Gasteiger partial charge in [-0.3, -0.25) is 14.6 Å².